The summed E-state index contributed by atoms with van der Waals surface area (Å²) in [5.41, 5.74) is 0.859. The first-order valence-electron chi connectivity index (χ1n) is 4.82. The van der Waals surface area contributed by atoms with Gasteiger partial charge in [-0.1, -0.05) is 12.1 Å². The monoisotopic (exact) mass is 238 g/mol. The lowest BCUT2D eigenvalue weighted by atomic mass is 10.1. The zero-order valence-corrected chi connectivity index (χ0v) is 9.20. The van der Waals surface area contributed by atoms with Crippen LogP contribution in [0.3, 0.4) is 0 Å². The summed E-state index contributed by atoms with van der Waals surface area (Å²) in [6.07, 6.45) is 0. The average molecular weight is 238 g/mol. The van der Waals surface area contributed by atoms with Gasteiger partial charge >= 0.3 is 0 Å². The van der Waals surface area contributed by atoms with E-state index in [9.17, 15) is 14.9 Å². The van der Waals surface area contributed by atoms with Gasteiger partial charge in [0, 0.05) is 24.4 Å². The molecule has 0 aromatic heterocycles. The molecular weight excluding hydrogens is 228 g/mol. The number of nitro groups is 1. The van der Waals surface area contributed by atoms with Gasteiger partial charge in [0.05, 0.1) is 4.92 Å². The van der Waals surface area contributed by atoms with Gasteiger partial charge in [0.25, 0.3) is 5.69 Å². The quantitative estimate of drug-likeness (QED) is 0.626. The lowest BCUT2D eigenvalue weighted by Gasteiger charge is -2.21. The highest BCUT2D eigenvalue weighted by Crippen LogP contribution is 2.31. The molecule has 5 nitrogen and oxygen atoms in total. The van der Waals surface area contributed by atoms with E-state index in [1.165, 1.54) is 12.1 Å². The number of amides is 1. The molecule has 16 heavy (non-hydrogen) atoms. The van der Waals surface area contributed by atoms with Crippen LogP contribution >= 0.6 is 11.8 Å². The number of nitrogens with zero attached hydrogens (tertiary/aromatic N) is 1. The molecule has 84 valence electrons. The van der Waals surface area contributed by atoms with Crippen LogP contribution in [-0.4, -0.2) is 23.1 Å². The first kappa shape index (κ1) is 10.9. The average Bonchev–Trinajstić information content (AvgIpc) is 2.30. The molecule has 0 saturated carbocycles. The Morgan fingerprint density at radius 3 is 2.62 bits per heavy atom. The molecule has 1 aromatic carbocycles. The molecule has 1 aliphatic rings. The van der Waals surface area contributed by atoms with Crippen LogP contribution < -0.4 is 5.32 Å². The van der Waals surface area contributed by atoms with Crippen molar-refractivity contribution in [3.63, 3.8) is 0 Å². The minimum absolute atomic E-state index is 0.0231. The van der Waals surface area contributed by atoms with Crippen molar-refractivity contribution >= 4 is 23.4 Å². The molecule has 1 aromatic rings. The van der Waals surface area contributed by atoms with E-state index >= 15 is 0 Å². The molecule has 1 fully saturated rings. The number of hydrogen-bond donors (Lipinski definition) is 1. The van der Waals surface area contributed by atoms with Crippen molar-refractivity contribution in [3.05, 3.63) is 39.9 Å². The van der Waals surface area contributed by atoms with E-state index in [0.717, 1.165) is 11.3 Å². The Morgan fingerprint density at radius 1 is 1.38 bits per heavy atom. The summed E-state index contributed by atoms with van der Waals surface area (Å²) in [5.74, 6) is 0.845. The summed E-state index contributed by atoms with van der Waals surface area (Å²) in [7, 11) is 0. The minimum Gasteiger partial charge on any atom is -0.354 e. The predicted molar refractivity (Wildman–Crippen MR) is 61.3 cm³/mol. The van der Waals surface area contributed by atoms with Crippen molar-refractivity contribution < 1.29 is 9.72 Å². The van der Waals surface area contributed by atoms with E-state index in [2.05, 4.69) is 5.32 Å². The highest BCUT2D eigenvalue weighted by Gasteiger charge is 2.24. The Balaban J connectivity index is 2.20. The second-order valence-corrected chi connectivity index (χ2v) is 4.60. The second kappa shape index (κ2) is 4.52. The molecule has 1 saturated heterocycles. The maximum absolute atomic E-state index is 11.5. The number of carbonyl (C=O) groups excluding carboxylic acids is 1. The van der Waals surface area contributed by atoms with E-state index in [1.807, 2.05) is 0 Å². The summed E-state index contributed by atoms with van der Waals surface area (Å²) < 4.78 is 0. The summed E-state index contributed by atoms with van der Waals surface area (Å²) >= 11 is 1.56. The molecule has 0 aliphatic carbocycles. The number of nitrogens with one attached hydrogen (secondary N) is 1. The van der Waals surface area contributed by atoms with Crippen molar-refractivity contribution in [1.82, 2.24) is 5.32 Å². The number of carbonyl (C=O) groups is 1. The number of rotatable bonds is 2. The van der Waals surface area contributed by atoms with Crippen molar-refractivity contribution in [3.8, 4) is 0 Å². The van der Waals surface area contributed by atoms with E-state index in [0.29, 0.717) is 6.54 Å². The first-order valence-corrected chi connectivity index (χ1v) is 5.87. The SMILES string of the molecule is O=C1NCCSC1c1ccc([N+](=O)[O-])cc1. The highest BCUT2D eigenvalue weighted by molar-refractivity contribution is 8.00. The molecule has 1 amide bonds. The van der Waals surface area contributed by atoms with Crippen molar-refractivity contribution in [2.75, 3.05) is 12.3 Å². The molecule has 2 rings (SSSR count). The standard InChI is InChI=1S/C10H10N2O3S/c13-10-9(16-6-5-11-10)7-1-3-8(4-2-7)12(14)15/h1-4,9H,5-6H2,(H,11,13). The van der Waals surface area contributed by atoms with Crippen LogP contribution in [0.25, 0.3) is 0 Å². The Bertz CT molecular complexity index is 419. The van der Waals surface area contributed by atoms with Crippen LogP contribution in [-0.2, 0) is 4.79 Å². The summed E-state index contributed by atoms with van der Waals surface area (Å²) in [6, 6.07) is 6.14. The van der Waals surface area contributed by atoms with Gasteiger partial charge in [-0.05, 0) is 5.56 Å². The largest absolute Gasteiger partial charge is 0.354 e. The molecule has 1 heterocycles. The number of hydrogen-bond acceptors (Lipinski definition) is 4. The van der Waals surface area contributed by atoms with Crippen LogP contribution in [0.1, 0.15) is 10.8 Å². The molecule has 1 N–H and O–H groups in total. The second-order valence-electron chi connectivity index (χ2n) is 3.39. The number of non-ortho nitro benzene ring substituents is 1. The Labute approximate surface area is 96.4 Å². The molecule has 1 atom stereocenters. The summed E-state index contributed by atoms with van der Waals surface area (Å²) in [4.78, 5) is 21.6. The van der Waals surface area contributed by atoms with Crippen molar-refractivity contribution in [2.45, 2.75) is 5.25 Å². The third-order valence-electron chi connectivity index (χ3n) is 2.33. The van der Waals surface area contributed by atoms with E-state index < -0.39 is 4.92 Å². The fraction of sp³-hybridized carbons (Fsp3) is 0.300. The maximum Gasteiger partial charge on any atom is 0.269 e. The van der Waals surface area contributed by atoms with Crippen LogP contribution in [0.15, 0.2) is 24.3 Å². The summed E-state index contributed by atoms with van der Waals surface area (Å²) in [5, 5.41) is 13.0. The fourth-order valence-electron chi connectivity index (χ4n) is 1.54. The van der Waals surface area contributed by atoms with E-state index in [-0.39, 0.29) is 16.8 Å². The normalized spacial score (nSPS) is 20.2. The lowest BCUT2D eigenvalue weighted by molar-refractivity contribution is -0.384. The third kappa shape index (κ3) is 2.16. The fourth-order valence-corrected chi connectivity index (χ4v) is 2.58. The molecule has 0 bridgehead atoms. The molecule has 1 unspecified atom stereocenters. The predicted octanol–water partition coefficient (Wildman–Crippen LogP) is 1.50. The van der Waals surface area contributed by atoms with E-state index in [4.69, 9.17) is 0 Å². The maximum atomic E-state index is 11.5. The molecule has 0 spiro atoms. The van der Waals surface area contributed by atoms with Crippen LogP contribution in [0.2, 0.25) is 0 Å². The van der Waals surface area contributed by atoms with Gasteiger partial charge < -0.3 is 5.32 Å². The van der Waals surface area contributed by atoms with Crippen LogP contribution in [0, 0.1) is 10.1 Å². The summed E-state index contributed by atoms with van der Waals surface area (Å²) in [6.45, 7) is 0.687. The van der Waals surface area contributed by atoms with Gasteiger partial charge in [-0.3, -0.25) is 14.9 Å². The third-order valence-corrected chi connectivity index (χ3v) is 3.59. The van der Waals surface area contributed by atoms with Gasteiger partial charge in [-0.25, -0.2) is 0 Å². The Morgan fingerprint density at radius 2 is 2.06 bits per heavy atom. The Kier molecular flexibility index (Phi) is 3.09. The molecular formula is C10H10N2O3S. The zero-order valence-electron chi connectivity index (χ0n) is 8.38. The number of nitro benzene ring substituents is 1. The number of benzene rings is 1. The van der Waals surface area contributed by atoms with Gasteiger partial charge in [0.1, 0.15) is 5.25 Å². The van der Waals surface area contributed by atoms with Crippen LogP contribution in [0.5, 0.6) is 0 Å². The highest BCUT2D eigenvalue weighted by atomic mass is 32.2. The molecule has 1 aliphatic heterocycles. The van der Waals surface area contributed by atoms with E-state index in [1.54, 1.807) is 23.9 Å². The first-order chi connectivity index (χ1) is 7.68. The van der Waals surface area contributed by atoms with Crippen molar-refractivity contribution in [2.24, 2.45) is 0 Å². The molecule has 0 radical (unpaired) electrons. The smallest absolute Gasteiger partial charge is 0.269 e. The Hall–Kier alpha value is -1.56. The van der Waals surface area contributed by atoms with Gasteiger partial charge in [0.15, 0.2) is 0 Å². The van der Waals surface area contributed by atoms with Crippen molar-refractivity contribution in [1.29, 1.82) is 0 Å². The topological polar surface area (TPSA) is 72.2 Å². The molecule has 6 heteroatoms. The van der Waals surface area contributed by atoms with Gasteiger partial charge in [0.2, 0.25) is 5.91 Å². The van der Waals surface area contributed by atoms with Gasteiger partial charge in [-0.2, -0.15) is 0 Å². The number of thioether (sulfide) groups is 1. The minimum atomic E-state index is -0.447. The van der Waals surface area contributed by atoms with Crippen LogP contribution in [0.4, 0.5) is 5.69 Å². The lowest BCUT2D eigenvalue weighted by Crippen LogP contribution is -2.34. The zero-order chi connectivity index (χ0) is 11.5. The van der Waals surface area contributed by atoms with Gasteiger partial charge in [-0.15, -0.1) is 11.8 Å².